The third-order valence-corrected chi connectivity index (χ3v) is 3.46. The SMILES string of the molecule is CCC(CC)N1C(=O)C(CC(C)C)NC1C. The lowest BCUT2D eigenvalue weighted by molar-refractivity contribution is -0.132. The topological polar surface area (TPSA) is 32.3 Å². The molecule has 0 saturated carbocycles. The molecule has 94 valence electrons. The van der Waals surface area contributed by atoms with Crippen molar-refractivity contribution in [3.8, 4) is 0 Å². The van der Waals surface area contributed by atoms with Gasteiger partial charge in [-0.3, -0.25) is 10.1 Å². The van der Waals surface area contributed by atoms with Crippen LogP contribution in [0.15, 0.2) is 0 Å². The van der Waals surface area contributed by atoms with E-state index in [1.165, 1.54) is 0 Å². The normalized spacial score (nSPS) is 26.2. The van der Waals surface area contributed by atoms with Crippen LogP contribution in [0, 0.1) is 5.92 Å². The van der Waals surface area contributed by atoms with Crippen molar-refractivity contribution in [3.63, 3.8) is 0 Å². The molecular formula is C13H26N2O. The van der Waals surface area contributed by atoms with Crippen LogP contribution in [0.2, 0.25) is 0 Å². The van der Waals surface area contributed by atoms with Gasteiger partial charge in [0.15, 0.2) is 0 Å². The second-order valence-electron chi connectivity index (χ2n) is 5.24. The summed E-state index contributed by atoms with van der Waals surface area (Å²) in [4.78, 5) is 14.3. The number of carbonyl (C=O) groups excluding carboxylic acids is 1. The molecule has 3 nitrogen and oxygen atoms in total. The van der Waals surface area contributed by atoms with E-state index in [0.29, 0.717) is 17.9 Å². The van der Waals surface area contributed by atoms with Gasteiger partial charge < -0.3 is 4.90 Å². The van der Waals surface area contributed by atoms with E-state index >= 15 is 0 Å². The summed E-state index contributed by atoms with van der Waals surface area (Å²) < 4.78 is 0. The number of hydrogen-bond donors (Lipinski definition) is 1. The maximum atomic E-state index is 12.3. The molecule has 3 heteroatoms. The lowest BCUT2D eigenvalue weighted by Gasteiger charge is -2.29. The van der Waals surface area contributed by atoms with E-state index in [9.17, 15) is 4.79 Å². The number of carbonyl (C=O) groups is 1. The monoisotopic (exact) mass is 226 g/mol. The maximum Gasteiger partial charge on any atom is 0.241 e. The lowest BCUT2D eigenvalue weighted by Crippen LogP contribution is -2.42. The third-order valence-electron chi connectivity index (χ3n) is 3.46. The molecule has 0 aromatic carbocycles. The molecule has 2 unspecified atom stereocenters. The van der Waals surface area contributed by atoms with Gasteiger partial charge in [-0.05, 0) is 32.1 Å². The van der Waals surface area contributed by atoms with Crippen LogP contribution in [0.3, 0.4) is 0 Å². The molecule has 16 heavy (non-hydrogen) atoms. The Balaban J connectivity index is 2.70. The molecule has 1 amide bonds. The van der Waals surface area contributed by atoms with Crippen LogP contribution >= 0.6 is 0 Å². The van der Waals surface area contributed by atoms with E-state index in [0.717, 1.165) is 19.3 Å². The predicted octanol–water partition coefficient (Wildman–Crippen LogP) is 2.37. The number of rotatable bonds is 5. The Kier molecular flexibility index (Phi) is 4.78. The van der Waals surface area contributed by atoms with Crippen molar-refractivity contribution in [3.05, 3.63) is 0 Å². The average Bonchev–Trinajstić information content (AvgIpc) is 2.46. The van der Waals surface area contributed by atoms with Crippen molar-refractivity contribution >= 4 is 5.91 Å². The zero-order valence-corrected chi connectivity index (χ0v) is 11.3. The molecule has 0 aromatic rings. The summed E-state index contributed by atoms with van der Waals surface area (Å²) in [6.45, 7) is 10.7. The first-order valence-corrected chi connectivity index (χ1v) is 6.59. The Hall–Kier alpha value is -0.570. The van der Waals surface area contributed by atoms with Gasteiger partial charge in [-0.15, -0.1) is 0 Å². The van der Waals surface area contributed by atoms with Crippen molar-refractivity contribution in [2.45, 2.75) is 72.1 Å². The fraction of sp³-hybridized carbons (Fsp3) is 0.923. The molecule has 2 atom stereocenters. The van der Waals surface area contributed by atoms with Gasteiger partial charge in [0.1, 0.15) is 0 Å². The molecule has 1 fully saturated rings. The van der Waals surface area contributed by atoms with Gasteiger partial charge in [0.25, 0.3) is 0 Å². The van der Waals surface area contributed by atoms with Gasteiger partial charge in [0, 0.05) is 6.04 Å². The lowest BCUT2D eigenvalue weighted by atomic mass is 10.0. The van der Waals surface area contributed by atoms with Gasteiger partial charge in [-0.2, -0.15) is 0 Å². The van der Waals surface area contributed by atoms with E-state index in [2.05, 4.69) is 39.9 Å². The first-order chi connectivity index (χ1) is 7.51. The maximum absolute atomic E-state index is 12.3. The molecule has 0 spiro atoms. The predicted molar refractivity (Wildman–Crippen MR) is 67.1 cm³/mol. The summed E-state index contributed by atoms with van der Waals surface area (Å²) in [5, 5.41) is 3.41. The van der Waals surface area contributed by atoms with Crippen LogP contribution < -0.4 is 5.32 Å². The zero-order valence-electron chi connectivity index (χ0n) is 11.3. The Morgan fingerprint density at radius 1 is 1.31 bits per heavy atom. The van der Waals surface area contributed by atoms with Crippen LogP contribution in [-0.2, 0) is 4.79 Å². The highest BCUT2D eigenvalue weighted by atomic mass is 16.2. The molecule has 0 bridgehead atoms. The quantitative estimate of drug-likeness (QED) is 0.780. The second-order valence-corrected chi connectivity index (χ2v) is 5.24. The Morgan fingerprint density at radius 2 is 1.88 bits per heavy atom. The van der Waals surface area contributed by atoms with Crippen LogP contribution in [0.25, 0.3) is 0 Å². The molecule has 1 rings (SSSR count). The first-order valence-electron chi connectivity index (χ1n) is 6.59. The minimum Gasteiger partial charge on any atom is -0.323 e. The molecule has 0 radical (unpaired) electrons. The standard InChI is InChI=1S/C13H26N2O/c1-6-11(7-2)15-10(5)14-12(13(15)16)8-9(3)4/h9-12,14H,6-8H2,1-5H3. The smallest absolute Gasteiger partial charge is 0.241 e. The van der Waals surface area contributed by atoms with E-state index < -0.39 is 0 Å². The Morgan fingerprint density at radius 3 is 2.31 bits per heavy atom. The zero-order chi connectivity index (χ0) is 12.3. The van der Waals surface area contributed by atoms with Gasteiger partial charge in [-0.25, -0.2) is 0 Å². The molecular weight excluding hydrogens is 200 g/mol. The van der Waals surface area contributed by atoms with Crippen LogP contribution in [0.5, 0.6) is 0 Å². The molecule has 1 saturated heterocycles. The number of nitrogens with zero attached hydrogens (tertiary/aromatic N) is 1. The largest absolute Gasteiger partial charge is 0.323 e. The summed E-state index contributed by atoms with van der Waals surface area (Å²) in [5.41, 5.74) is 0. The van der Waals surface area contributed by atoms with E-state index in [1.807, 2.05) is 4.90 Å². The molecule has 0 aromatic heterocycles. The van der Waals surface area contributed by atoms with Gasteiger partial charge >= 0.3 is 0 Å². The summed E-state index contributed by atoms with van der Waals surface area (Å²) in [6.07, 6.45) is 3.23. The van der Waals surface area contributed by atoms with Crippen molar-refractivity contribution in [1.29, 1.82) is 0 Å². The van der Waals surface area contributed by atoms with Crippen molar-refractivity contribution < 1.29 is 4.79 Å². The van der Waals surface area contributed by atoms with E-state index in [1.54, 1.807) is 0 Å². The van der Waals surface area contributed by atoms with E-state index in [-0.39, 0.29) is 12.2 Å². The van der Waals surface area contributed by atoms with Crippen molar-refractivity contribution in [2.24, 2.45) is 5.92 Å². The second kappa shape index (κ2) is 5.67. The van der Waals surface area contributed by atoms with E-state index in [4.69, 9.17) is 0 Å². The highest BCUT2D eigenvalue weighted by Gasteiger charge is 2.39. The van der Waals surface area contributed by atoms with Crippen molar-refractivity contribution in [2.75, 3.05) is 0 Å². The molecule has 0 aliphatic carbocycles. The highest BCUT2D eigenvalue weighted by molar-refractivity contribution is 5.84. The van der Waals surface area contributed by atoms with Gasteiger partial charge in [0.05, 0.1) is 12.2 Å². The first kappa shape index (κ1) is 13.5. The summed E-state index contributed by atoms with van der Waals surface area (Å²) in [5.74, 6) is 0.866. The number of hydrogen-bond acceptors (Lipinski definition) is 2. The van der Waals surface area contributed by atoms with Gasteiger partial charge in [0.2, 0.25) is 5.91 Å². The molecule has 1 N–H and O–H groups in total. The van der Waals surface area contributed by atoms with Crippen LogP contribution in [0.1, 0.15) is 53.9 Å². The fourth-order valence-electron chi connectivity index (χ4n) is 2.63. The number of amides is 1. The molecule has 1 aliphatic heterocycles. The molecule has 1 heterocycles. The van der Waals surface area contributed by atoms with Crippen LogP contribution in [0.4, 0.5) is 0 Å². The third kappa shape index (κ3) is 2.76. The fourth-order valence-corrected chi connectivity index (χ4v) is 2.63. The van der Waals surface area contributed by atoms with Gasteiger partial charge in [-0.1, -0.05) is 27.7 Å². The Bertz CT molecular complexity index is 236. The van der Waals surface area contributed by atoms with Crippen molar-refractivity contribution in [1.82, 2.24) is 10.2 Å². The average molecular weight is 226 g/mol. The summed E-state index contributed by atoms with van der Waals surface area (Å²) >= 11 is 0. The highest BCUT2D eigenvalue weighted by Crippen LogP contribution is 2.21. The summed E-state index contributed by atoms with van der Waals surface area (Å²) in [6, 6.07) is 0.433. The number of nitrogens with one attached hydrogen (secondary N) is 1. The summed E-state index contributed by atoms with van der Waals surface area (Å²) in [7, 11) is 0. The Labute approximate surface area is 99.6 Å². The molecule has 1 aliphatic rings. The minimum absolute atomic E-state index is 0.0376. The van der Waals surface area contributed by atoms with Crippen LogP contribution in [-0.4, -0.2) is 29.1 Å². The minimum atomic E-state index is 0.0376.